The zero-order valence-electron chi connectivity index (χ0n) is 12.9. The van der Waals surface area contributed by atoms with Gasteiger partial charge in [-0.05, 0) is 37.0 Å². The van der Waals surface area contributed by atoms with E-state index in [2.05, 4.69) is 31.3 Å². The highest BCUT2D eigenvalue weighted by molar-refractivity contribution is 5.43. The van der Waals surface area contributed by atoms with Gasteiger partial charge in [0, 0.05) is 12.6 Å². The van der Waals surface area contributed by atoms with Gasteiger partial charge >= 0.3 is 0 Å². The van der Waals surface area contributed by atoms with Crippen molar-refractivity contribution in [3.05, 3.63) is 23.8 Å². The van der Waals surface area contributed by atoms with Crippen molar-refractivity contribution >= 4 is 0 Å². The average molecular weight is 277 g/mol. The van der Waals surface area contributed by atoms with E-state index in [1.54, 1.807) is 0 Å². The summed E-state index contributed by atoms with van der Waals surface area (Å²) in [7, 11) is 0. The number of hydrogen-bond acceptors (Lipinski definition) is 3. The molecule has 0 heterocycles. The maximum atomic E-state index is 5.88. The molecule has 1 aromatic rings. The molecule has 1 aromatic carbocycles. The molecule has 1 aliphatic carbocycles. The fourth-order valence-corrected chi connectivity index (χ4v) is 2.11. The molecule has 0 spiro atoms. The summed E-state index contributed by atoms with van der Waals surface area (Å²) in [5, 5.41) is 3.42. The van der Waals surface area contributed by atoms with Crippen LogP contribution in [0.4, 0.5) is 0 Å². The molecule has 3 nitrogen and oxygen atoms in total. The van der Waals surface area contributed by atoms with Crippen LogP contribution in [0.15, 0.2) is 18.2 Å². The Kier molecular flexibility index (Phi) is 5.72. The Labute approximate surface area is 122 Å². The molecule has 0 atom stereocenters. The molecule has 20 heavy (non-hydrogen) atoms. The van der Waals surface area contributed by atoms with Crippen LogP contribution in [-0.2, 0) is 6.54 Å². The molecule has 0 amide bonds. The van der Waals surface area contributed by atoms with Crippen LogP contribution in [0, 0.1) is 5.92 Å². The van der Waals surface area contributed by atoms with Crippen LogP contribution < -0.4 is 14.8 Å². The van der Waals surface area contributed by atoms with E-state index in [1.807, 2.05) is 13.0 Å². The highest BCUT2D eigenvalue weighted by Crippen LogP contribution is 2.33. The van der Waals surface area contributed by atoms with Crippen molar-refractivity contribution in [1.29, 1.82) is 0 Å². The lowest BCUT2D eigenvalue weighted by Gasteiger charge is -2.14. The van der Waals surface area contributed by atoms with Gasteiger partial charge in [-0.3, -0.25) is 0 Å². The van der Waals surface area contributed by atoms with Crippen molar-refractivity contribution in [3.63, 3.8) is 0 Å². The van der Waals surface area contributed by atoms with Crippen molar-refractivity contribution in [2.75, 3.05) is 13.2 Å². The van der Waals surface area contributed by atoms with E-state index in [9.17, 15) is 0 Å². The van der Waals surface area contributed by atoms with Crippen molar-refractivity contribution in [3.8, 4) is 11.5 Å². The Bertz CT molecular complexity index is 413. The molecule has 2 rings (SSSR count). The quantitative estimate of drug-likeness (QED) is 0.745. The first-order chi connectivity index (χ1) is 9.69. The van der Waals surface area contributed by atoms with Crippen LogP contribution in [0.1, 0.15) is 45.6 Å². The Morgan fingerprint density at radius 3 is 2.65 bits per heavy atom. The smallest absolute Gasteiger partial charge is 0.161 e. The third-order valence-corrected chi connectivity index (χ3v) is 3.50. The number of nitrogens with one attached hydrogen (secondary N) is 1. The average Bonchev–Trinajstić information content (AvgIpc) is 3.23. The first kappa shape index (κ1) is 15.2. The number of ether oxygens (including phenoxy) is 2. The van der Waals surface area contributed by atoms with E-state index >= 15 is 0 Å². The van der Waals surface area contributed by atoms with Gasteiger partial charge in [0.2, 0.25) is 0 Å². The number of benzene rings is 1. The maximum Gasteiger partial charge on any atom is 0.161 e. The zero-order valence-corrected chi connectivity index (χ0v) is 12.9. The molecule has 0 unspecified atom stereocenters. The number of hydrogen-bond donors (Lipinski definition) is 1. The van der Waals surface area contributed by atoms with Crippen LogP contribution in [-0.4, -0.2) is 19.3 Å². The molecule has 0 aromatic heterocycles. The fourth-order valence-electron chi connectivity index (χ4n) is 2.11. The van der Waals surface area contributed by atoms with E-state index in [4.69, 9.17) is 9.47 Å². The van der Waals surface area contributed by atoms with Crippen molar-refractivity contribution in [2.45, 2.75) is 52.6 Å². The number of rotatable bonds is 9. The van der Waals surface area contributed by atoms with Gasteiger partial charge in [0.15, 0.2) is 11.5 Å². The molecule has 1 saturated carbocycles. The van der Waals surface area contributed by atoms with Gasteiger partial charge in [0.05, 0.1) is 13.2 Å². The molecular weight excluding hydrogens is 250 g/mol. The zero-order chi connectivity index (χ0) is 14.4. The SMILES string of the molecule is CCOc1cc(CNC(C)C)ccc1OCCC1CC1. The maximum absolute atomic E-state index is 5.88. The lowest BCUT2D eigenvalue weighted by molar-refractivity contribution is 0.268. The molecule has 0 radical (unpaired) electrons. The monoisotopic (exact) mass is 277 g/mol. The molecule has 0 aliphatic heterocycles. The highest BCUT2D eigenvalue weighted by atomic mass is 16.5. The Balaban J connectivity index is 1.94. The molecule has 1 aliphatic rings. The fraction of sp³-hybridized carbons (Fsp3) is 0.647. The van der Waals surface area contributed by atoms with E-state index in [-0.39, 0.29) is 0 Å². The summed E-state index contributed by atoms with van der Waals surface area (Å²) in [4.78, 5) is 0. The molecule has 3 heteroatoms. The standard InChI is InChI=1S/C17H27NO2/c1-4-19-17-11-15(12-18-13(2)3)7-8-16(17)20-10-9-14-5-6-14/h7-8,11,13-14,18H,4-6,9-10,12H2,1-3H3. The van der Waals surface area contributed by atoms with Gasteiger partial charge in [0.25, 0.3) is 0 Å². The van der Waals surface area contributed by atoms with Gasteiger partial charge in [-0.25, -0.2) is 0 Å². The van der Waals surface area contributed by atoms with E-state index in [0.29, 0.717) is 12.6 Å². The third-order valence-electron chi connectivity index (χ3n) is 3.50. The molecule has 1 N–H and O–H groups in total. The van der Waals surface area contributed by atoms with Crippen LogP contribution in [0.2, 0.25) is 0 Å². The van der Waals surface area contributed by atoms with E-state index < -0.39 is 0 Å². The normalized spacial score (nSPS) is 14.6. The van der Waals surface area contributed by atoms with Gasteiger partial charge in [-0.2, -0.15) is 0 Å². The molecular formula is C17H27NO2. The van der Waals surface area contributed by atoms with E-state index in [0.717, 1.165) is 30.6 Å². The summed E-state index contributed by atoms with van der Waals surface area (Å²) < 4.78 is 11.6. The van der Waals surface area contributed by atoms with Crippen LogP contribution >= 0.6 is 0 Å². The lowest BCUT2D eigenvalue weighted by atomic mass is 10.2. The second-order valence-corrected chi connectivity index (χ2v) is 5.83. The summed E-state index contributed by atoms with van der Waals surface area (Å²) in [5.41, 5.74) is 1.23. The van der Waals surface area contributed by atoms with Crippen molar-refractivity contribution in [2.24, 2.45) is 5.92 Å². The Morgan fingerprint density at radius 1 is 1.20 bits per heavy atom. The second-order valence-electron chi connectivity index (χ2n) is 5.83. The third kappa shape index (κ3) is 5.04. The van der Waals surface area contributed by atoms with Crippen LogP contribution in [0.3, 0.4) is 0 Å². The van der Waals surface area contributed by atoms with Gasteiger partial charge in [0.1, 0.15) is 0 Å². The minimum Gasteiger partial charge on any atom is -0.490 e. The molecule has 112 valence electrons. The van der Waals surface area contributed by atoms with Gasteiger partial charge in [-0.15, -0.1) is 0 Å². The largest absolute Gasteiger partial charge is 0.490 e. The van der Waals surface area contributed by atoms with Crippen LogP contribution in [0.5, 0.6) is 11.5 Å². The topological polar surface area (TPSA) is 30.5 Å². The summed E-state index contributed by atoms with van der Waals surface area (Å²) >= 11 is 0. The molecule has 0 bridgehead atoms. The lowest BCUT2D eigenvalue weighted by Crippen LogP contribution is -2.21. The minimum atomic E-state index is 0.486. The summed E-state index contributed by atoms with van der Waals surface area (Å²) in [6.45, 7) is 8.64. The molecule has 1 fully saturated rings. The van der Waals surface area contributed by atoms with Gasteiger partial charge < -0.3 is 14.8 Å². The minimum absolute atomic E-state index is 0.486. The predicted octanol–water partition coefficient (Wildman–Crippen LogP) is 3.76. The summed E-state index contributed by atoms with van der Waals surface area (Å²) in [6.07, 6.45) is 3.92. The van der Waals surface area contributed by atoms with Crippen LogP contribution in [0.25, 0.3) is 0 Å². The predicted molar refractivity (Wildman–Crippen MR) is 82.4 cm³/mol. The van der Waals surface area contributed by atoms with Crippen molar-refractivity contribution in [1.82, 2.24) is 5.32 Å². The summed E-state index contributed by atoms with van der Waals surface area (Å²) in [5.74, 6) is 2.65. The van der Waals surface area contributed by atoms with Crippen molar-refractivity contribution < 1.29 is 9.47 Å². The first-order valence-corrected chi connectivity index (χ1v) is 7.81. The van der Waals surface area contributed by atoms with Gasteiger partial charge in [-0.1, -0.05) is 32.8 Å². The Hall–Kier alpha value is -1.22. The van der Waals surface area contributed by atoms with E-state index in [1.165, 1.54) is 24.8 Å². The molecule has 0 saturated heterocycles. The second kappa shape index (κ2) is 7.53. The Morgan fingerprint density at radius 2 is 2.00 bits per heavy atom. The highest BCUT2D eigenvalue weighted by Gasteiger charge is 2.21. The summed E-state index contributed by atoms with van der Waals surface area (Å²) in [6, 6.07) is 6.73. The first-order valence-electron chi connectivity index (χ1n) is 7.81.